The van der Waals surface area contributed by atoms with Crippen molar-refractivity contribution in [1.29, 1.82) is 0 Å². The Bertz CT molecular complexity index is 64.0. The summed E-state index contributed by atoms with van der Waals surface area (Å²) < 4.78 is 21.9. The van der Waals surface area contributed by atoms with Gasteiger partial charge in [0.1, 0.15) is 0 Å². The molecule has 1 atom stereocenters. The van der Waals surface area contributed by atoms with Crippen LogP contribution in [0.3, 0.4) is 0 Å². The van der Waals surface area contributed by atoms with Gasteiger partial charge in [-0.1, -0.05) is 0 Å². The molecule has 0 fully saturated rings. The third-order valence-electron chi connectivity index (χ3n) is 0.398. The lowest BCUT2D eigenvalue weighted by Crippen LogP contribution is -2.17. The summed E-state index contributed by atoms with van der Waals surface area (Å²) in [4.78, 5) is 9.22. The molecule has 4 heteroatoms. The quantitative estimate of drug-likeness (QED) is 0.500. The Labute approximate surface area is 38.8 Å². The van der Waals surface area contributed by atoms with E-state index >= 15 is 0 Å². The van der Waals surface area contributed by atoms with Gasteiger partial charge in [0.25, 0.3) is 6.43 Å². The summed E-state index contributed by atoms with van der Waals surface area (Å²) in [5.41, 5.74) is 0. The average molecular weight is 110 g/mol. The zero-order valence-corrected chi connectivity index (χ0v) is 3.34. The van der Waals surface area contributed by atoms with Crippen LogP contribution in [0.2, 0.25) is 0 Å². The lowest BCUT2D eigenvalue weighted by atomic mass is 10.4. The summed E-state index contributed by atoms with van der Waals surface area (Å²) in [6, 6.07) is 0. The molecule has 0 aliphatic carbocycles. The van der Waals surface area contributed by atoms with Gasteiger partial charge in [-0.3, -0.25) is 0 Å². The van der Waals surface area contributed by atoms with E-state index in [1.165, 1.54) is 0 Å². The highest BCUT2D eigenvalue weighted by molar-refractivity contribution is 5.55. The maximum Gasteiger partial charge on any atom is 0.270 e. The van der Waals surface area contributed by atoms with E-state index < -0.39 is 12.5 Å². The molecule has 0 aliphatic heterocycles. The molecule has 0 heterocycles. The Kier molecular flexibility index (Phi) is 2.44. The molecule has 1 unspecified atom stereocenters. The largest absolute Gasteiger partial charge is 0.380 e. The second kappa shape index (κ2) is 2.63. The van der Waals surface area contributed by atoms with Gasteiger partial charge in [0.05, 0.1) is 0 Å². The predicted molar refractivity (Wildman–Crippen MR) is 18.1 cm³/mol. The Balaban J connectivity index is 3.33. The number of carbonyl (C=O) groups is 1. The molecule has 0 bridgehead atoms. The minimum absolute atomic E-state index is 0.204. The van der Waals surface area contributed by atoms with E-state index in [4.69, 9.17) is 5.11 Å². The van der Waals surface area contributed by atoms with E-state index in [2.05, 4.69) is 0 Å². The molecular formula is C3H4F2O2. The van der Waals surface area contributed by atoms with Gasteiger partial charge in [0.15, 0.2) is 12.4 Å². The third-order valence-corrected chi connectivity index (χ3v) is 0.398. The average Bonchev–Trinajstić information content (AvgIpc) is 1.65. The van der Waals surface area contributed by atoms with Crippen molar-refractivity contribution in [3.8, 4) is 0 Å². The van der Waals surface area contributed by atoms with Crippen molar-refractivity contribution in [1.82, 2.24) is 0 Å². The van der Waals surface area contributed by atoms with Crippen LogP contribution in [0, 0.1) is 0 Å². The van der Waals surface area contributed by atoms with Crippen LogP contribution in [0.4, 0.5) is 8.78 Å². The molecule has 0 aliphatic rings. The van der Waals surface area contributed by atoms with Gasteiger partial charge in [-0.25, -0.2) is 8.78 Å². The number of aliphatic hydroxyl groups is 1. The summed E-state index contributed by atoms with van der Waals surface area (Å²) in [7, 11) is 0. The van der Waals surface area contributed by atoms with Crippen molar-refractivity contribution >= 4 is 6.29 Å². The van der Waals surface area contributed by atoms with Crippen LogP contribution in [-0.2, 0) is 4.79 Å². The van der Waals surface area contributed by atoms with Crippen molar-refractivity contribution in [2.75, 3.05) is 0 Å². The zero-order chi connectivity index (χ0) is 5.86. The number of hydrogen-bond donors (Lipinski definition) is 1. The first kappa shape index (κ1) is 6.49. The molecule has 0 rings (SSSR count). The predicted octanol–water partition coefficient (Wildman–Crippen LogP) is -0.189. The van der Waals surface area contributed by atoms with Crippen molar-refractivity contribution in [2.45, 2.75) is 12.5 Å². The highest BCUT2D eigenvalue weighted by Crippen LogP contribution is 1.95. The fourth-order valence-corrected chi connectivity index (χ4v) is 0.0594. The maximum atomic E-state index is 10.9. The molecule has 0 aromatic rings. The summed E-state index contributed by atoms with van der Waals surface area (Å²) in [5, 5.41) is 7.82. The summed E-state index contributed by atoms with van der Waals surface area (Å²) in [6.07, 6.45) is -5.26. The minimum Gasteiger partial charge on any atom is -0.380 e. The number of carbonyl (C=O) groups excluding carboxylic acids is 1. The van der Waals surface area contributed by atoms with E-state index in [0.29, 0.717) is 0 Å². The van der Waals surface area contributed by atoms with Gasteiger partial charge >= 0.3 is 0 Å². The molecule has 7 heavy (non-hydrogen) atoms. The summed E-state index contributed by atoms with van der Waals surface area (Å²) in [5.74, 6) is 0. The first-order valence-electron chi connectivity index (χ1n) is 1.60. The standard InChI is InChI=1S/C3H4F2O2/c4-3(5)2(7)1-6/h1-3,7H. The Morgan fingerprint density at radius 3 is 2.00 bits per heavy atom. The number of aliphatic hydroxyl groups excluding tert-OH is 1. The number of rotatable bonds is 2. The monoisotopic (exact) mass is 110 g/mol. The molecule has 42 valence electrons. The van der Waals surface area contributed by atoms with Gasteiger partial charge in [0, 0.05) is 0 Å². The van der Waals surface area contributed by atoms with Gasteiger partial charge in [-0.2, -0.15) is 0 Å². The summed E-state index contributed by atoms with van der Waals surface area (Å²) >= 11 is 0. The minimum atomic E-state index is -2.95. The van der Waals surface area contributed by atoms with Gasteiger partial charge in [0.2, 0.25) is 0 Å². The van der Waals surface area contributed by atoms with E-state index in [0.717, 1.165) is 0 Å². The van der Waals surface area contributed by atoms with Gasteiger partial charge in [-0.15, -0.1) is 0 Å². The third kappa shape index (κ3) is 2.22. The maximum absolute atomic E-state index is 10.9. The number of alkyl halides is 2. The van der Waals surface area contributed by atoms with Crippen LogP contribution in [0.5, 0.6) is 0 Å². The van der Waals surface area contributed by atoms with Crippen molar-refractivity contribution < 1.29 is 18.7 Å². The molecule has 0 aromatic heterocycles. The first-order valence-corrected chi connectivity index (χ1v) is 1.60. The second-order valence-electron chi connectivity index (χ2n) is 0.961. The van der Waals surface area contributed by atoms with E-state index in [9.17, 15) is 13.6 Å². The van der Waals surface area contributed by atoms with E-state index in [1.807, 2.05) is 0 Å². The lowest BCUT2D eigenvalue weighted by molar-refractivity contribution is -0.121. The molecule has 0 aromatic carbocycles. The van der Waals surface area contributed by atoms with Gasteiger partial charge < -0.3 is 9.90 Å². The highest BCUT2D eigenvalue weighted by Gasteiger charge is 2.13. The number of aldehydes is 1. The molecule has 0 saturated heterocycles. The Morgan fingerprint density at radius 1 is 1.57 bits per heavy atom. The van der Waals surface area contributed by atoms with Crippen molar-refractivity contribution in [3.63, 3.8) is 0 Å². The van der Waals surface area contributed by atoms with Crippen LogP contribution in [-0.4, -0.2) is 23.9 Å². The number of halogens is 2. The fourth-order valence-electron chi connectivity index (χ4n) is 0.0594. The highest BCUT2D eigenvalue weighted by atomic mass is 19.3. The topological polar surface area (TPSA) is 37.3 Å². The van der Waals surface area contributed by atoms with Crippen LogP contribution in [0.25, 0.3) is 0 Å². The van der Waals surface area contributed by atoms with Crippen LogP contribution >= 0.6 is 0 Å². The Morgan fingerprint density at radius 2 is 2.00 bits per heavy atom. The Hall–Kier alpha value is -0.510. The molecule has 0 spiro atoms. The first-order chi connectivity index (χ1) is 3.18. The summed E-state index contributed by atoms with van der Waals surface area (Å²) in [6.45, 7) is 0. The zero-order valence-electron chi connectivity index (χ0n) is 3.34. The second-order valence-corrected chi connectivity index (χ2v) is 0.961. The molecule has 0 radical (unpaired) electrons. The van der Waals surface area contributed by atoms with E-state index in [1.54, 1.807) is 0 Å². The van der Waals surface area contributed by atoms with Crippen LogP contribution < -0.4 is 0 Å². The molecule has 1 N–H and O–H groups in total. The normalized spacial score (nSPS) is 14.3. The van der Waals surface area contributed by atoms with Crippen LogP contribution in [0.15, 0.2) is 0 Å². The van der Waals surface area contributed by atoms with Crippen LogP contribution in [0.1, 0.15) is 0 Å². The fraction of sp³-hybridized carbons (Fsp3) is 0.667. The molecular weight excluding hydrogens is 106 g/mol. The van der Waals surface area contributed by atoms with Crippen molar-refractivity contribution in [3.05, 3.63) is 0 Å². The lowest BCUT2D eigenvalue weighted by Gasteiger charge is -1.95. The molecule has 2 nitrogen and oxygen atoms in total. The number of hydrogen-bond acceptors (Lipinski definition) is 2. The van der Waals surface area contributed by atoms with E-state index in [-0.39, 0.29) is 6.29 Å². The van der Waals surface area contributed by atoms with Gasteiger partial charge in [-0.05, 0) is 0 Å². The molecule has 0 saturated carbocycles. The molecule has 0 amide bonds. The van der Waals surface area contributed by atoms with Crippen molar-refractivity contribution in [2.24, 2.45) is 0 Å². The SMILES string of the molecule is O=CC(O)C(F)F. The smallest absolute Gasteiger partial charge is 0.270 e.